The molecular weight excluding hydrogens is 342 g/mol. The van der Waals surface area contributed by atoms with Gasteiger partial charge >= 0.3 is 0 Å². The Bertz CT molecular complexity index is 513. The molecule has 2 aromatic carbocycles. The van der Waals surface area contributed by atoms with E-state index in [0.29, 0.717) is 12.2 Å². The molecule has 1 unspecified atom stereocenters. The van der Waals surface area contributed by atoms with E-state index in [1.165, 1.54) is 6.07 Å². The maximum Gasteiger partial charge on any atom is 0.146 e. The normalized spacial score (nSPS) is 12.2. The summed E-state index contributed by atoms with van der Waals surface area (Å²) < 4.78 is 14.7. The molecule has 1 atom stereocenters. The number of hydrogen-bond acceptors (Lipinski definition) is 2. The summed E-state index contributed by atoms with van der Waals surface area (Å²) in [7, 11) is 0. The fourth-order valence-corrected chi connectivity index (χ4v) is 2.10. The van der Waals surface area contributed by atoms with Crippen molar-refractivity contribution in [2.75, 3.05) is 11.9 Å². The lowest BCUT2D eigenvalue weighted by Gasteiger charge is -2.19. The molecule has 0 bridgehead atoms. The van der Waals surface area contributed by atoms with E-state index >= 15 is 0 Å². The van der Waals surface area contributed by atoms with E-state index in [1.807, 2.05) is 24.3 Å². The Kier molecular flexibility index (Phi) is 4.54. The number of halogens is 2. The van der Waals surface area contributed by atoms with Crippen molar-refractivity contribution < 1.29 is 4.39 Å². The van der Waals surface area contributed by atoms with E-state index in [-0.39, 0.29) is 11.9 Å². The number of benzene rings is 2. The Balaban J connectivity index is 2.20. The fraction of sp³-hybridized carbons (Fsp3) is 0.143. The summed E-state index contributed by atoms with van der Waals surface area (Å²) in [4.78, 5) is 0. The van der Waals surface area contributed by atoms with Crippen LogP contribution in [0.4, 0.5) is 10.1 Å². The average molecular weight is 356 g/mol. The Morgan fingerprint density at radius 3 is 2.39 bits per heavy atom. The molecule has 94 valence electrons. The standard InChI is InChI=1S/C14H14FIN2/c15-12-3-1-2-4-13(12)18-14(9-17)10-5-7-11(16)8-6-10/h1-8,14,18H,9,17H2. The number of para-hydroxylation sites is 1. The maximum atomic E-state index is 13.6. The highest BCUT2D eigenvalue weighted by Crippen LogP contribution is 2.21. The zero-order chi connectivity index (χ0) is 13.0. The third-order valence-electron chi connectivity index (χ3n) is 2.71. The van der Waals surface area contributed by atoms with Gasteiger partial charge in [-0.2, -0.15) is 0 Å². The van der Waals surface area contributed by atoms with E-state index in [1.54, 1.807) is 18.2 Å². The smallest absolute Gasteiger partial charge is 0.146 e. The van der Waals surface area contributed by atoms with Gasteiger partial charge in [-0.1, -0.05) is 24.3 Å². The van der Waals surface area contributed by atoms with Gasteiger partial charge in [-0.15, -0.1) is 0 Å². The van der Waals surface area contributed by atoms with Crippen molar-refractivity contribution in [1.82, 2.24) is 0 Å². The van der Waals surface area contributed by atoms with Crippen LogP contribution in [0.2, 0.25) is 0 Å². The number of anilines is 1. The zero-order valence-electron chi connectivity index (χ0n) is 9.74. The summed E-state index contributed by atoms with van der Waals surface area (Å²) in [5.74, 6) is -0.263. The molecule has 0 aliphatic carbocycles. The minimum atomic E-state index is -0.263. The maximum absolute atomic E-state index is 13.6. The first kappa shape index (κ1) is 13.3. The monoisotopic (exact) mass is 356 g/mol. The summed E-state index contributed by atoms with van der Waals surface area (Å²) in [6.07, 6.45) is 0. The predicted octanol–water partition coefficient (Wildman–Crippen LogP) is 3.54. The molecule has 0 saturated carbocycles. The zero-order valence-corrected chi connectivity index (χ0v) is 11.9. The van der Waals surface area contributed by atoms with Crippen LogP contribution in [-0.2, 0) is 0 Å². The van der Waals surface area contributed by atoms with Crippen LogP contribution in [0.1, 0.15) is 11.6 Å². The molecule has 0 amide bonds. The van der Waals surface area contributed by atoms with E-state index < -0.39 is 0 Å². The highest BCUT2D eigenvalue weighted by Gasteiger charge is 2.11. The molecule has 0 aliphatic heterocycles. The molecule has 0 aliphatic rings. The number of nitrogens with one attached hydrogen (secondary N) is 1. The summed E-state index contributed by atoms with van der Waals surface area (Å²) in [6.45, 7) is 0.412. The molecular formula is C14H14FIN2. The average Bonchev–Trinajstić information content (AvgIpc) is 2.39. The number of nitrogens with two attached hydrogens (primary N) is 1. The van der Waals surface area contributed by atoms with Crippen molar-refractivity contribution in [3.05, 3.63) is 63.5 Å². The van der Waals surface area contributed by atoms with Gasteiger partial charge in [-0.05, 0) is 52.4 Å². The van der Waals surface area contributed by atoms with Crippen molar-refractivity contribution in [1.29, 1.82) is 0 Å². The molecule has 2 nitrogen and oxygen atoms in total. The summed E-state index contributed by atoms with van der Waals surface area (Å²) >= 11 is 2.25. The second-order valence-electron chi connectivity index (χ2n) is 3.96. The van der Waals surface area contributed by atoms with Gasteiger partial charge in [0.2, 0.25) is 0 Å². The van der Waals surface area contributed by atoms with E-state index in [9.17, 15) is 4.39 Å². The molecule has 0 aromatic heterocycles. The van der Waals surface area contributed by atoms with Crippen molar-refractivity contribution in [3.63, 3.8) is 0 Å². The van der Waals surface area contributed by atoms with Crippen LogP contribution in [0.5, 0.6) is 0 Å². The van der Waals surface area contributed by atoms with Crippen LogP contribution in [0.15, 0.2) is 48.5 Å². The first-order valence-corrected chi connectivity index (χ1v) is 6.75. The van der Waals surface area contributed by atoms with Gasteiger partial charge in [0.1, 0.15) is 5.82 Å². The fourth-order valence-electron chi connectivity index (χ4n) is 1.74. The lowest BCUT2D eigenvalue weighted by molar-refractivity contribution is 0.626. The molecule has 2 aromatic rings. The molecule has 0 saturated heterocycles. The van der Waals surface area contributed by atoms with Gasteiger partial charge in [-0.25, -0.2) is 4.39 Å². The molecule has 0 spiro atoms. The Morgan fingerprint density at radius 2 is 1.78 bits per heavy atom. The topological polar surface area (TPSA) is 38.0 Å². The second-order valence-corrected chi connectivity index (χ2v) is 5.21. The third kappa shape index (κ3) is 3.20. The molecule has 0 heterocycles. The van der Waals surface area contributed by atoms with Crippen LogP contribution in [0.3, 0.4) is 0 Å². The van der Waals surface area contributed by atoms with Crippen LogP contribution < -0.4 is 11.1 Å². The Morgan fingerprint density at radius 1 is 1.11 bits per heavy atom. The molecule has 3 N–H and O–H groups in total. The first-order valence-electron chi connectivity index (χ1n) is 5.67. The van der Waals surface area contributed by atoms with Gasteiger partial charge < -0.3 is 11.1 Å². The van der Waals surface area contributed by atoms with E-state index in [0.717, 1.165) is 9.13 Å². The Hall–Kier alpha value is -1.14. The summed E-state index contributed by atoms with van der Waals surface area (Å²) in [5, 5.41) is 3.13. The van der Waals surface area contributed by atoms with Crippen molar-refractivity contribution in [2.24, 2.45) is 5.73 Å². The minimum Gasteiger partial charge on any atom is -0.375 e. The van der Waals surface area contributed by atoms with Crippen LogP contribution in [-0.4, -0.2) is 6.54 Å². The molecule has 0 fully saturated rings. The van der Waals surface area contributed by atoms with Crippen LogP contribution >= 0.6 is 22.6 Å². The second kappa shape index (κ2) is 6.15. The minimum absolute atomic E-state index is 0.0844. The number of hydrogen-bond donors (Lipinski definition) is 2. The largest absolute Gasteiger partial charge is 0.375 e. The van der Waals surface area contributed by atoms with E-state index in [2.05, 4.69) is 27.9 Å². The van der Waals surface area contributed by atoms with Crippen molar-refractivity contribution in [3.8, 4) is 0 Å². The first-order chi connectivity index (χ1) is 8.70. The van der Waals surface area contributed by atoms with Gasteiger partial charge in [0.25, 0.3) is 0 Å². The SMILES string of the molecule is NCC(Nc1ccccc1F)c1ccc(I)cc1. The van der Waals surface area contributed by atoms with Gasteiger partial charge in [0.05, 0.1) is 11.7 Å². The van der Waals surface area contributed by atoms with Crippen molar-refractivity contribution >= 4 is 28.3 Å². The van der Waals surface area contributed by atoms with Gasteiger partial charge in [0, 0.05) is 10.1 Å². The predicted molar refractivity (Wildman–Crippen MR) is 81.0 cm³/mol. The van der Waals surface area contributed by atoms with Crippen LogP contribution in [0.25, 0.3) is 0 Å². The molecule has 2 rings (SSSR count). The lowest BCUT2D eigenvalue weighted by atomic mass is 10.1. The third-order valence-corrected chi connectivity index (χ3v) is 3.43. The molecule has 18 heavy (non-hydrogen) atoms. The van der Waals surface area contributed by atoms with E-state index in [4.69, 9.17) is 5.73 Å². The summed E-state index contributed by atoms with van der Waals surface area (Å²) in [5.41, 5.74) is 7.29. The lowest BCUT2D eigenvalue weighted by Crippen LogP contribution is -2.21. The van der Waals surface area contributed by atoms with Crippen LogP contribution in [0, 0.1) is 9.39 Å². The highest BCUT2D eigenvalue weighted by atomic mass is 127. The number of rotatable bonds is 4. The highest BCUT2D eigenvalue weighted by molar-refractivity contribution is 14.1. The molecule has 0 radical (unpaired) electrons. The van der Waals surface area contributed by atoms with Crippen molar-refractivity contribution in [2.45, 2.75) is 6.04 Å². The summed E-state index contributed by atoms with van der Waals surface area (Å²) in [6, 6.07) is 14.6. The van der Waals surface area contributed by atoms with Gasteiger partial charge in [0.15, 0.2) is 0 Å². The molecule has 4 heteroatoms. The quantitative estimate of drug-likeness (QED) is 0.823. The Labute approximate surface area is 120 Å². The van der Waals surface area contributed by atoms with Gasteiger partial charge in [-0.3, -0.25) is 0 Å².